The lowest BCUT2D eigenvalue weighted by atomic mass is 9.79. The lowest BCUT2D eigenvalue weighted by molar-refractivity contribution is -0.147. The third-order valence-corrected chi connectivity index (χ3v) is 5.20. The van der Waals surface area contributed by atoms with E-state index < -0.39 is 5.41 Å². The minimum absolute atomic E-state index is 0.234. The van der Waals surface area contributed by atoms with Gasteiger partial charge in [0.1, 0.15) is 0 Å². The molecule has 5 nitrogen and oxygen atoms in total. The molecular formula is C18H27N3O2. The topological polar surface area (TPSA) is 58.8 Å². The van der Waals surface area contributed by atoms with E-state index in [1.54, 1.807) is 0 Å². The number of carbonyl (C=O) groups is 1. The van der Waals surface area contributed by atoms with Crippen molar-refractivity contribution in [2.24, 2.45) is 11.1 Å². The third kappa shape index (κ3) is 3.51. The summed E-state index contributed by atoms with van der Waals surface area (Å²) in [6.45, 7) is 5.19. The van der Waals surface area contributed by atoms with Crippen LogP contribution in [0.5, 0.6) is 0 Å². The first kappa shape index (κ1) is 16.3. The molecule has 0 atom stereocenters. The van der Waals surface area contributed by atoms with Crippen LogP contribution in [-0.4, -0.2) is 56.7 Å². The molecule has 2 saturated heterocycles. The average Bonchev–Trinajstić information content (AvgIpc) is 2.88. The van der Waals surface area contributed by atoms with E-state index in [1.807, 2.05) is 11.0 Å². The zero-order valence-electron chi connectivity index (χ0n) is 13.7. The van der Waals surface area contributed by atoms with Crippen LogP contribution in [0.1, 0.15) is 19.3 Å². The summed E-state index contributed by atoms with van der Waals surface area (Å²) in [5.74, 6) is 0.234. The number of nitrogens with zero attached hydrogens (tertiary/aromatic N) is 2. The summed E-state index contributed by atoms with van der Waals surface area (Å²) in [6, 6.07) is 10.4. The quantitative estimate of drug-likeness (QED) is 0.917. The van der Waals surface area contributed by atoms with E-state index in [2.05, 4.69) is 29.2 Å². The van der Waals surface area contributed by atoms with Gasteiger partial charge in [-0.2, -0.15) is 0 Å². The van der Waals surface area contributed by atoms with Crippen molar-refractivity contribution in [3.05, 3.63) is 30.3 Å². The van der Waals surface area contributed by atoms with Gasteiger partial charge in [0.25, 0.3) is 0 Å². The Morgan fingerprint density at radius 3 is 2.52 bits per heavy atom. The van der Waals surface area contributed by atoms with Crippen LogP contribution in [0.3, 0.4) is 0 Å². The summed E-state index contributed by atoms with van der Waals surface area (Å²) < 4.78 is 5.43. The molecule has 1 amide bonds. The van der Waals surface area contributed by atoms with Gasteiger partial charge in [-0.05, 0) is 31.4 Å². The first-order valence-corrected chi connectivity index (χ1v) is 8.62. The molecule has 0 spiro atoms. The molecule has 3 rings (SSSR count). The number of hydrogen-bond donors (Lipinski definition) is 1. The van der Waals surface area contributed by atoms with Crippen molar-refractivity contribution >= 4 is 11.6 Å². The summed E-state index contributed by atoms with van der Waals surface area (Å²) in [5.41, 5.74) is 6.82. The minimum atomic E-state index is -0.403. The smallest absolute Gasteiger partial charge is 0.230 e. The minimum Gasteiger partial charge on any atom is -0.381 e. The second-order valence-corrected chi connectivity index (χ2v) is 6.57. The van der Waals surface area contributed by atoms with E-state index in [0.29, 0.717) is 19.8 Å². The lowest BCUT2D eigenvalue weighted by Crippen LogP contribution is -2.51. The van der Waals surface area contributed by atoms with Gasteiger partial charge in [-0.15, -0.1) is 0 Å². The van der Waals surface area contributed by atoms with Gasteiger partial charge in [-0.25, -0.2) is 0 Å². The van der Waals surface area contributed by atoms with Gasteiger partial charge in [0.05, 0.1) is 5.41 Å². The Balaban J connectivity index is 1.66. The Morgan fingerprint density at radius 2 is 1.83 bits per heavy atom. The molecule has 0 aliphatic carbocycles. The maximum absolute atomic E-state index is 13.1. The van der Waals surface area contributed by atoms with Crippen LogP contribution in [0, 0.1) is 5.41 Å². The number of benzene rings is 1. The molecule has 2 aliphatic heterocycles. The predicted octanol–water partition coefficient (Wildman–Crippen LogP) is 1.48. The Labute approximate surface area is 138 Å². The molecule has 0 saturated carbocycles. The molecule has 0 unspecified atom stereocenters. The Hall–Kier alpha value is -1.59. The van der Waals surface area contributed by atoms with E-state index in [9.17, 15) is 4.79 Å². The number of rotatable bonds is 3. The number of carbonyl (C=O) groups excluding carboxylic acids is 1. The van der Waals surface area contributed by atoms with Crippen LogP contribution in [0.15, 0.2) is 30.3 Å². The van der Waals surface area contributed by atoms with Gasteiger partial charge >= 0.3 is 0 Å². The summed E-state index contributed by atoms with van der Waals surface area (Å²) >= 11 is 0. The van der Waals surface area contributed by atoms with E-state index in [4.69, 9.17) is 10.5 Å². The predicted molar refractivity (Wildman–Crippen MR) is 91.4 cm³/mol. The van der Waals surface area contributed by atoms with Gasteiger partial charge in [0.15, 0.2) is 0 Å². The molecule has 1 aromatic carbocycles. The highest BCUT2D eigenvalue weighted by Gasteiger charge is 2.41. The van der Waals surface area contributed by atoms with E-state index in [0.717, 1.165) is 45.4 Å². The molecule has 1 aromatic rings. The van der Waals surface area contributed by atoms with Crippen LogP contribution in [0.25, 0.3) is 0 Å². The summed E-state index contributed by atoms with van der Waals surface area (Å²) in [7, 11) is 0. The van der Waals surface area contributed by atoms with Gasteiger partial charge in [0, 0.05) is 51.6 Å². The second-order valence-electron chi connectivity index (χ2n) is 6.57. The van der Waals surface area contributed by atoms with E-state index in [-0.39, 0.29) is 5.91 Å². The molecule has 5 heteroatoms. The largest absolute Gasteiger partial charge is 0.381 e. The molecule has 23 heavy (non-hydrogen) atoms. The van der Waals surface area contributed by atoms with Crippen molar-refractivity contribution in [1.82, 2.24) is 4.90 Å². The first-order chi connectivity index (χ1) is 11.2. The highest BCUT2D eigenvalue weighted by molar-refractivity contribution is 5.83. The summed E-state index contributed by atoms with van der Waals surface area (Å²) in [4.78, 5) is 17.5. The number of para-hydroxylation sites is 1. The van der Waals surface area contributed by atoms with Crippen molar-refractivity contribution in [3.8, 4) is 0 Å². The second kappa shape index (κ2) is 7.32. The fraction of sp³-hybridized carbons (Fsp3) is 0.611. The van der Waals surface area contributed by atoms with Crippen molar-refractivity contribution in [2.45, 2.75) is 19.3 Å². The fourth-order valence-electron chi connectivity index (χ4n) is 3.62. The molecule has 2 fully saturated rings. The van der Waals surface area contributed by atoms with Crippen molar-refractivity contribution in [3.63, 3.8) is 0 Å². The van der Waals surface area contributed by atoms with Gasteiger partial charge < -0.3 is 20.3 Å². The molecule has 0 bridgehead atoms. The number of amides is 1. The summed E-state index contributed by atoms with van der Waals surface area (Å²) in [6.07, 6.45) is 2.50. The molecule has 2 aliphatic rings. The van der Waals surface area contributed by atoms with Crippen molar-refractivity contribution in [1.29, 1.82) is 0 Å². The van der Waals surface area contributed by atoms with Crippen LogP contribution in [0.4, 0.5) is 5.69 Å². The zero-order chi connectivity index (χ0) is 16.1. The maximum atomic E-state index is 13.1. The van der Waals surface area contributed by atoms with Crippen LogP contribution < -0.4 is 10.6 Å². The summed E-state index contributed by atoms with van der Waals surface area (Å²) in [5, 5.41) is 0. The molecular weight excluding hydrogens is 290 g/mol. The third-order valence-electron chi connectivity index (χ3n) is 5.20. The number of nitrogens with two attached hydrogens (primary N) is 1. The lowest BCUT2D eigenvalue weighted by Gasteiger charge is -2.38. The van der Waals surface area contributed by atoms with Gasteiger partial charge in [0.2, 0.25) is 5.91 Å². The average molecular weight is 317 g/mol. The van der Waals surface area contributed by atoms with E-state index in [1.165, 1.54) is 5.69 Å². The zero-order valence-corrected chi connectivity index (χ0v) is 13.7. The van der Waals surface area contributed by atoms with Crippen molar-refractivity contribution in [2.75, 3.05) is 50.8 Å². The number of ether oxygens (including phenoxy) is 1. The van der Waals surface area contributed by atoms with E-state index >= 15 is 0 Å². The maximum Gasteiger partial charge on any atom is 0.230 e. The highest BCUT2D eigenvalue weighted by atomic mass is 16.5. The number of anilines is 1. The standard InChI is InChI=1S/C18H27N3O2/c19-15-18(7-13-23-14-8-18)17(22)21-10-4-9-20(11-12-21)16-5-2-1-3-6-16/h1-3,5-6H,4,7-15,19H2. The van der Waals surface area contributed by atoms with Crippen LogP contribution in [0.2, 0.25) is 0 Å². The Morgan fingerprint density at radius 1 is 1.09 bits per heavy atom. The van der Waals surface area contributed by atoms with Crippen molar-refractivity contribution < 1.29 is 9.53 Å². The molecule has 0 aromatic heterocycles. The number of hydrogen-bond acceptors (Lipinski definition) is 4. The molecule has 126 valence electrons. The van der Waals surface area contributed by atoms with Gasteiger partial charge in [-0.1, -0.05) is 18.2 Å². The Kier molecular flexibility index (Phi) is 5.18. The molecule has 2 heterocycles. The first-order valence-electron chi connectivity index (χ1n) is 8.62. The highest BCUT2D eigenvalue weighted by Crippen LogP contribution is 2.32. The normalized spacial score (nSPS) is 21.8. The van der Waals surface area contributed by atoms with Crippen LogP contribution in [-0.2, 0) is 9.53 Å². The Bertz CT molecular complexity index is 514. The SMILES string of the molecule is NCC1(C(=O)N2CCCN(c3ccccc3)CC2)CCOCC1. The molecule has 2 N–H and O–H groups in total. The van der Waals surface area contributed by atoms with Crippen LogP contribution >= 0.6 is 0 Å². The monoisotopic (exact) mass is 317 g/mol. The van der Waals surface area contributed by atoms with Gasteiger partial charge in [-0.3, -0.25) is 4.79 Å². The fourth-order valence-corrected chi connectivity index (χ4v) is 3.62. The molecule has 0 radical (unpaired) electrons.